The summed E-state index contributed by atoms with van der Waals surface area (Å²) in [6, 6.07) is 10.9. The average molecular weight is 519 g/mol. The SMILES string of the molecule is CC1CCC(NC(=O)c2ccc(C(c3cc(F)ccc3F)S(=O)(=O)c3ccc(Cl)cc3)nc2)CC1. The van der Waals surface area contributed by atoms with Crippen molar-refractivity contribution in [2.45, 2.75) is 48.8 Å². The van der Waals surface area contributed by atoms with Crippen LogP contribution in [-0.2, 0) is 9.84 Å². The average Bonchev–Trinajstić information content (AvgIpc) is 2.83. The molecule has 4 rings (SSSR count). The van der Waals surface area contributed by atoms with Crippen LogP contribution in [0.3, 0.4) is 0 Å². The topological polar surface area (TPSA) is 76.1 Å². The zero-order valence-corrected chi connectivity index (χ0v) is 20.6. The highest BCUT2D eigenvalue weighted by Crippen LogP contribution is 2.36. The molecule has 5 nitrogen and oxygen atoms in total. The van der Waals surface area contributed by atoms with Gasteiger partial charge in [-0.05, 0) is 86.2 Å². The number of hydrogen-bond donors (Lipinski definition) is 1. The van der Waals surface area contributed by atoms with Crippen molar-refractivity contribution in [3.8, 4) is 0 Å². The van der Waals surface area contributed by atoms with E-state index in [4.69, 9.17) is 11.6 Å². The molecule has 1 N–H and O–H groups in total. The van der Waals surface area contributed by atoms with Gasteiger partial charge < -0.3 is 5.32 Å². The maximum atomic E-state index is 14.8. The Morgan fingerprint density at radius 2 is 1.71 bits per heavy atom. The van der Waals surface area contributed by atoms with Crippen LogP contribution in [0.25, 0.3) is 0 Å². The lowest BCUT2D eigenvalue weighted by Crippen LogP contribution is -2.37. The van der Waals surface area contributed by atoms with Gasteiger partial charge in [-0.1, -0.05) is 18.5 Å². The zero-order chi connectivity index (χ0) is 25.2. The summed E-state index contributed by atoms with van der Waals surface area (Å²) in [5.74, 6) is -1.33. The smallest absolute Gasteiger partial charge is 0.253 e. The molecule has 3 aromatic rings. The van der Waals surface area contributed by atoms with E-state index in [-0.39, 0.29) is 33.7 Å². The second kappa shape index (κ2) is 10.4. The van der Waals surface area contributed by atoms with E-state index in [0.717, 1.165) is 43.9 Å². The van der Waals surface area contributed by atoms with E-state index in [1.54, 1.807) is 0 Å². The number of rotatable bonds is 6. The molecule has 1 fully saturated rings. The number of hydrogen-bond acceptors (Lipinski definition) is 4. The molecule has 1 aromatic heterocycles. The van der Waals surface area contributed by atoms with Crippen LogP contribution >= 0.6 is 11.6 Å². The molecule has 1 saturated carbocycles. The first kappa shape index (κ1) is 25.3. The molecule has 1 unspecified atom stereocenters. The highest BCUT2D eigenvalue weighted by atomic mass is 35.5. The van der Waals surface area contributed by atoms with Gasteiger partial charge in [0.05, 0.1) is 16.2 Å². The fourth-order valence-corrected chi connectivity index (χ4v) is 6.22. The van der Waals surface area contributed by atoms with Crippen LogP contribution in [0, 0.1) is 17.6 Å². The molecular weight excluding hydrogens is 494 g/mol. The van der Waals surface area contributed by atoms with Crippen LogP contribution < -0.4 is 5.32 Å². The van der Waals surface area contributed by atoms with E-state index >= 15 is 0 Å². The quantitative estimate of drug-likeness (QED) is 0.442. The fraction of sp³-hybridized carbons (Fsp3) is 0.308. The van der Waals surface area contributed by atoms with Crippen LogP contribution in [0.2, 0.25) is 5.02 Å². The standard InChI is InChI=1S/C26H25ClF2N2O3S/c1-16-2-8-20(9-3-16)31-26(32)17-4-13-24(30-15-17)25(22-14-19(28)7-12-23(22)29)35(33,34)21-10-5-18(27)6-11-21/h4-7,10-16,20,25H,2-3,8-9H2,1H3,(H,31,32). The Balaban J connectivity index is 1.68. The summed E-state index contributed by atoms with van der Waals surface area (Å²) in [5, 5.41) is 1.70. The molecule has 184 valence electrons. The Morgan fingerprint density at radius 3 is 2.34 bits per heavy atom. The molecule has 35 heavy (non-hydrogen) atoms. The number of pyridine rings is 1. The molecular formula is C26H25ClF2N2O3S. The Labute approximate surface area is 208 Å². The van der Waals surface area contributed by atoms with Gasteiger partial charge in [0.25, 0.3) is 5.91 Å². The van der Waals surface area contributed by atoms with Gasteiger partial charge in [0.1, 0.15) is 16.9 Å². The molecule has 1 aliphatic rings. The van der Waals surface area contributed by atoms with Crippen molar-refractivity contribution in [2.75, 3.05) is 0 Å². The molecule has 0 saturated heterocycles. The van der Waals surface area contributed by atoms with Crippen LogP contribution in [0.15, 0.2) is 65.7 Å². The Kier molecular flexibility index (Phi) is 7.52. The maximum absolute atomic E-state index is 14.8. The number of benzene rings is 2. The van der Waals surface area contributed by atoms with Crippen molar-refractivity contribution in [3.63, 3.8) is 0 Å². The van der Waals surface area contributed by atoms with Gasteiger partial charge in [-0.2, -0.15) is 0 Å². The molecule has 1 atom stereocenters. The van der Waals surface area contributed by atoms with Gasteiger partial charge in [-0.15, -0.1) is 0 Å². The first-order valence-electron chi connectivity index (χ1n) is 11.4. The van der Waals surface area contributed by atoms with Crippen LogP contribution in [0.1, 0.15) is 59.5 Å². The van der Waals surface area contributed by atoms with Crippen molar-refractivity contribution in [3.05, 3.63) is 94.3 Å². The molecule has 2 aromatic carbocycles. The Morgan fingerprint density at radius 1 is 1.03 bits per heavy atom. The third-order valence-electron chi connectivity index (χ3n) is 6.36. The van der Waals surface area contributed by atoms with E-state index in [9.17, 15) is 22.0 Å². The van der Waals surface area contributed by atoms with Gasteiger partial charge in [0, 0.05) is 22.8 Å². The minimum Gasteiger partial charge on any atom is -0.349 e. The molecule has 0 bridgehead atoms. The van der Waals surface area contributed by atoms with Gasteiger partial charge in [-0.3, -0.25) is 9.78 Å². The Bertz CT molecular complexity index is 1310. The van der Waals surface area contributed by atoms with Crippen LogP contribution in [0.5, 0.6) is 0 Å². The van der Waals surface area contributed by atoms with Crippen molar-refractivity contribution < 1.29 is 22.0 Å². The largest absolute Gasteiger partial charge is 0.349 e. The molecule has 0 radical (unpaired) electrons. The number of sulfone groups is 1. The zero-order valence-electron chi connectivity index (χ0n) is 19.0. The third-order valence-corrected chi connectivity index (χ3v) is 8.66. The third kappa shape index (κ3) is 5.70. The molecule has 9 heteroatoms. The molecule has 0 aliphatic heterocycles. The maximum Gasteiger partial charge on any atom is 0.253 e. The second-order valence-electron chi connectivity index (χ2n) is 8.95. The molecule has 1 aliphatic carbocycles. The second-order valence-corrected chi connectivity index (χ2v) is 11.4. The van der Waals surface area contributed by atoms with Gasteiger partial charge in [-0.25, -0.2) is 17.2 Å². The van der Waals surface area contributed by atoms with Crippen molar-refractivity contribution in [1.29, 1.82) is 0 Å². The highest BCUT2D eigenvalue weighted by Gasteiger charge is 2.34. The molecule has 0 spiro atoms. The van der Waals surface area contributed by atoms with Crippen molar-refractivity contribution in [2.24, 2.45) is 5.92 Å². The first-order valence-corrected chi connectivity index (χ1v) is 13.3. The summed E-state index contributed by atoms with van der Waals surface area (Å²) in [5.41, 5.74) is -0.150. The number of nitrogens with one attached hydrogen (secondary N) is 1. The van der Waals surface area contributed by atoms with Crippen LogP contribution in [-0.4, -0.2) is 25.4 Å². The number of aromatic nitrogens is 1. The number of halogens is 3. The number of carbonyl (C=O) groups excluding carboxylic acids is 1. The van der Waals surface area contributed by atoms with Gasteiger partial charge in [0.2, 0.25) is 0 Å². The summed E-state index contributed by atoms with van der Waals surface area (Å²) >= 11 is 5.89. The van der Waals surface area contributed by atoms with E-state index < -0.39 is 26.7 Å². The Hall–Kier alpha value is -2.84. The highest BCUT2D eigenvalue weighted by molar-refractivity contribution is 7.91. The van der Waals surface area contributed by atoms with E-state index in [1.165, 1.54) is 42.6 Å². The van der Waals surface area contributed by atoms with Gasteiger partial charge in [0.15, 0.2) is 9.84 Å². The van der Waals surface area contributed by atoms with E-state index in [0.29, 0.717) is 10.9 Å². The molecule has 1 heterocycles. The number of amides is 1. The predicted molar refractivity (Wildman–Crippen MR) is 130 cm³/mol. The minimum atomic E-state index is -4.25. The lowest BCUT2D eigenvalue weighted by molar-refractivity contribution is 0.0922. The normalized spacial score (nSPS) is 19.2. The summed E-state index contributed by atoms with van der Waals surface area (Å²) in [6.45, 7) is 2.19. The summed E-state index contributed by atoms with van der Waals surface area (Å²) < 4.78 is 55.9. The fourth-order valence-electron chi connectivity index (χ4n) is 4.33. The monoisotopic (exact) mass is 518 g/mol. The summed E-state index contributed by atoms with van der Waals surface area (Å²) in [4.78, 5) is 16.8. The number of nitrogens with zero attached hydrogens (tertiary/aromatic N) is 1. The molecule has 1 amide bonds. The van der Waals surface area contributed by atoms with Gasteiger partial charge >= 0.3 is 0 Å². The summed E-state index contributed by atoms with van der Waals surface area (Å²) in [7, 11) is -4.25. The predicted octanol–water partition coefficient (Wildman–Crippen LogP) is 5.89. The summed E-state index contributed by atoms with van der Waals surface area (Å²) in [6.07, 6.45) is 5.16. The van der Waals surface area contributed by atoms with E-state index in [1.807, 2.05) is 0 Å². The van der Waals surface area contributed by atoms with Crippen molar-refractivity contribution in [1.82, 2.24) is 10.3 Å². The number of carbonyl (C=O) groups is 1. The lowest BCUT2D eigenvalue weighted by atomic mass is 9.87. The van der Waals surface area contributed by atoms with Crippen molar-refractivity contribution >= 4 is 27.3 Å². The van der Waals surface area contributed by atoms with Crippen LogP contribution in [0.4, 0.5) is 8.78 Å². The first-order chi connectivity index (χ1) is 16.6. The van der Waals surface area contributed by atoms with E-state index in [2.05, 4.69) is 17.2 Å². The minimum absolute atomic E-state index is 0.0347. The lowest BCUT2D eigenvalue weighted by Gasteiger charge is -2.26.